The number of nitrogens with one attached hydrogen (secondary N) is 1. The molecule has 3 N–H and O–H groups in total. The minimum atomic E-state index is 0.646. The molecule has 1 rings (SSSR count). The van der Waals surface area contributed by atoms with E-state index < -0.39 is 0 Å². The lowest BCUT2D eigenvalue weighted by molar-refractivity contribution is 0.648. The van der Waals surface area contributed by atoms with Crippen LogP contribution in [0, 0.1) is 5.92 Å². The monoisotopic (exact) mass is 220 g/mol. The van der Waals surface area contributed by atoms with Gasteiger partial charge in [-0.3, -0.25) is 0 Å². The van der Waals surface area contributed by atoms with Crippen LogP contribution in [-0.4, -0.2) is 6.54 Å². The molecule has 0 spiro atoms. The molecule has 0 fully saturated rings. The van der Waals surface area contributed by atoms with Gasteiger partial charge in [-0.05, 0) is 30.4 Å². The number of anilines is 2. The van der Waals surface area contributed by atoms with Crippen LogP contribution in [0.1, 0.15) is 39.2 Å². The van der Waals surface area contributed by atoms with Crippen molar-refractivity contribution in [1.82, 2.24) is 0 Å². The summed E-state index contributed by atoms with van der Waals surface area (Å²) >= 11 is 0. The minimum Gasteiger partial charge on any atom is -0.397 e. The molecule has 16 heavy (non-hydrogen) atoms. The molecule has 0 atom stereocenters. The number of rotatable bonds is 6. The lowest BCUT2D eigenvalue weighted by Crippen LogP contribution is -2.07. The first kappa shape index (κ1) is 12.9. The zero-order valence-electron chi connectivity index (χ0n) is 10.7. The summed E-state index contributed by atoms with van der Waals surface area (Å²) < 4.78 is 0. The van der Waals surface area contributed by atoms with Gasteiger partial charge in [0.05, 0.1) is 11.4 Å². The Bertz CT molecular complexity index is 319. The molecule has 0 aliphatic rings. The minimum absolute atomic E-state index is 0.646. The third kappa shape index (κ3) is 3.76. The van der Waals surface area contributed by atoms with Crippen LogP contribution >= 0.6 is 0 Å². The number of benzene rings is 1. The summed E-state index contributed by atoms with van der Waals surface area (Å²) in [7, 11) is 0. The lowest BCUT2D eigenvalue weighted by atomic mass is 10.0. The zero-order valence-corrected chi connectivity index (χ0v) is 10.7. The number of para-hydroxylation sites is 1. The molecule has 0 radical (unpaired) electrons. The van der Waals surface area contributed by atoms with Gasteiger partial charge in [-0.25, -0.2) is 0 Å². The molecule has 2 nitrogen and oxygen atoms in total. The molecule has 0 aliphatic carbocycles. The Morgan fingerprint density at radius 1 is 1.31 bits per heavy atom. The van der Waals surface area contributed by atoms with Gasteiger partial charge in [-0.2, -0.15) is 0 Å². The maximum Gasteiger partial charge on any atom is 0.0582 e. The van der Waals surface area contributed by atoms with Gasteiger partial charge >= 0.3 is 0 Å². The molecule has 2 heteroatoms. The molecule has 0 aliphatic heterocycles. The van der Waals surface area contributed by atoms with Crippen molar-refractivity contribution in [1.29, 1.82) is 0 Å². The summed E-state index contributed by atoms with van der Waals surface area (Å²) in [6.45, 7) is 7.64. The van der Waals surface area contributed by atoms with Crippen molar-refractivity contribution in [3.8, 4) is 0 Å². The quantitative estimate of drug-likeness (QED) is 0.567. The average Bonchev–Trinajstić information content (AvgIpc) is 2.23. The second kappa shape index (κ2) is 6.41. The van der Waals surface area contributed by atoms with Crippen molar-refractivity contribution in [2.75, 3.05) is 17.6 Å². The fourth-order valence-corrected chi connectivity index (χ4v) is 1.78. The molecule has 1 aromatic rings. The number of nitrogens with two attached hydrogens (primary N) is 1. The van der Waals surface area contributed by atoms with E-state index in [2.05, 4.69) is 44.3 Å². The van der Waals surface area contributed by atoms with Crippen LogP contribution in [-0.2, 0) is 6.42 Å². The van der Waals surface area contributed by atoms with Crippen molar-refractivity contribution >= 4 is 11.4 Å². The van der Waals surface area contributed by atoms with Crippen molar-refractivity contribution in [3.05, 3.63) is 23.8 Å². The Hall–Kier alpha value is -1.18. The summed E-state index contributed by atoms with van der Waals surface area (Å²) in [4.78, 5) is 0. The first-order valence-electron chi connectivity index (χ1n) is 6.26. The Morgan fingerprint density at radius 2 is 2.06 bits per heavy atom. The highest BCUT2D eigenvalue weighted by Gasteiger charge is 2.05. The first-order valence-corrected chi connectivity index (χ1v) is 6.26. The Labute approximate surface area is 99.2 Å². The largest absolute Gasteiger partial charge is 0.397 e. The van der Waals surface area contributed by atoms with Gasteiger partial charge in [-0.1, -0.05) is 39.3 Å². The van der Waals surface area contributed by atoms with Crippen molar-refractivity contribution in [2.45, 2.75) is 40.0 Å². The van der Waals surface area contributed by atoms with E-state index in [4.69, 9.17) is 5.73 Å². The molecule has 0 amide bonds. The highest BCUT2D eigenvalue weighted by atomic mass is 14.9. The first-order chi connectivity index (χ1) is 7.65. The van der Waals surface area contributed by atoms with Crippen LogP contribution in [0.15, 0.2) is 18.2 Å². The molecular formula is C14H24N2. The number of hydrogen-bond donors (Lipinski definition) is 2. The van der Waals surface area contributed by atoms with E-state index in [9.17, 15) is 0 Å². The number of nitrogen functional groups attached to an aromatic ring is 1. The van der Waals surface area contributed by atoms with Crippen molar-refractivity contribution < 1.29 is 0 Å². The highest BCUT2D eigenvalue weighted by Crippen LogP contribution is 2.24. The zero-order chi connectivity index (χ0) is 12.0. The molecule has 0 saturated heterocycles. The van der Waals surface area contributed by atoms with Gasteiger partial charge in [-0.15, -0.1) is 0 Å². The fraction of sp³-hybridized carbons (Fsp3) is 0.571. The summed E-state index contributed by atoms with van der Waals surface area (Å²) in [5.41, 5.74) is 9.42. The van der Waals surface area contributed by atoms with E-state index in [-0.39, 0.29) is 0 Å². The van der Waals surface area contributed by atoms with Crippen LogP contribution in [0.2, 0.25) is 0 Å². The Kier molecular flexibility index (Phi) is 5.17. The van der Waals surface area contributed by atoms with E-state index in [0.29, 0.717) is 5.92 Å². The van der Waals surface area contributed by atoms with Gasteiger partial charge in [0.2, 0.25) is 0 Å². The molecule has 90 valence electrons. The highest BCUT2D eigenvalue weighted by molar-refractivity contribution is 5.69. The van der Waals surface area contributed by atoms with Crippen LogP contribution in [0.3, 0.4) is 0 Å². The summed E-state index contributed by atoms with van der Waals surface area (Å²) in [5.74, 6) is 0.646. The standard InChI is InChI=1S/C14H24N2/c1-4-5-9-16-13-8-6-7-12(14(13)15)10-11(2)3/h6-8,11,16H,4-5,9-10,15H2,1-3H3. The molecule has 0 heterocycles. The van der Waals surface area contributed by atoms with Gasteiger partial charge in [0, 0.05) is 6.54 Å². The molecule has 0 bridgehead atoms. The normalized spacial score (nSPS) is 10.8. The second-order valence-electron chi connectivity index (χ2n) is 4.76. The summed E-state index contributed by atoms with van der Waals surface area (Å²) in [6, 6.07) is 6.28. The second-order valence-corrected chi connectivity index (χ2v) is 4.76. The predicted molar refractivity (Wildman–Crippen MR) is 72.8 cm³/mol. The Balaban J connectivity index is 2.70. The third-order valence-electron chi connectivity index (χ3n) is 2.67. The van der Waals surface area contributed by atoms with E-state index >= 15 is 0 Å². The number of hydrogen-bond acceptors (Lipinski definition) is 2. The fourth-order valence-electron chi connectivity index (χ4n) is 1.78. The lowest BCUT2D eigenvalue weighted by Gasteiger charge is -2.14. The van der Waals surface area contributed by atoms with E-state index in [1.54, 1.807) is 0 Å². The molecule has 0 unspecified atom stereocenters. The maximum absolute atomic E-state index is 6.15. The smallest absolute Gasteiger partial charge is 0.0582 e. The van der Waals surface area contributed by atoms with Crippen LogP contribution in [0.4, 0.5) is 11.4 Å². The topological polar surface area (TPSA) is 38.0 Å². The van der Waals surface area contributed by atoms with E-state index in [1.807, 2.05) is 0 Å². The van der Waals surface area contributed by atoms with Crippen LogP contribution < -0.4 is 11.1 Å². The van der Waals surface area contributed by atoms with Gasteiger partial charge < -0.3 is 11.1 Å². The van der Waals surface area contributed by atoms with Crippen LogP contribution in [0.25, 0.3) is 0 Å². The predicted octanol–water partition coefficient (Wildman–Crippen LogP) is 3.68. The SMILES string of the molecule is CCCCNc1cccc(CC(C)C)c1N. The Morgan fingerprint density at radius 3 is 2.69 bits per heavy atom. The number of unbranched alkanes of at least 4 members (excludes halogenated alkanes) is 1. The van der Waals surface area contributed by atoms with Gasteiger partial charge in [0.25, 0.3) is 0 Å². The molecular weight excluding hydrogens is 196 g/mol. The van der Waals surface area contributed by atoms with Crippen LogP contribution in [0.5, 0.6) is 0 Å². The molecule has 1 aromatic carbocycles. The molecule has 0 saturated carbocycles. The van der Waals surface area contributed by atoms with E-state index in [0.717, 1.165) is 24.3 Å². The summed E-state index contributed by atoms with van der Waals surface area (Å²) in [6.07, 6.45) is 3.45. The summed E-state index contributed by atoms with van der Waals surface area (Å²) in [5, 5.41) is 3.40. The maximum atomic E-state index is 6.15. The van der Waals surface area contributed by atoms with Crippen molar-refractivity contribution in [2.24, 2.45) is 5.92 Å². The van der Waals surface area contributed by atoms with Gasteiger partial charge in [0.15, 0.2) is 0 Å². The van der Waals surface area contributed by atoms with Gasteiger partial charge in [0.1, 0.15) is 0 Å². The third-order valence-corrected chi connectivity index (χ3v) is 2.67. The van der Waals surface area contributed by atoms with E-state index in [1.165, 1.54) is 18.4 Å². The molecule has 0 aromatic heterocycles. The average molecular weight is 220 g/mol. The van der Waals surface area contributed by atoms with Crippen molar-refractivity contribution in [3.63, 3.8) is 0 Å².